The lowest BCUT2D eigenvalue weighted by Gasteiger charge is -2.16. The zero-order valence-corrected chi connectivity index (χ0v) is 10.1. The number of carbonyl (C=O) groups excluding carboxylic acids is 1. The van der Waals surface area contributed by atoms with E-state index in [1.165, 1.54) is 7.11 Å². The molecule has 0 spiro atoms. The highest BCUT2D eigenvalue weighted by Gasteiger charge is 2.26. The van der Waals surface area contributed by atoms with Crippen molar-refractivity contribution in [2.24, 2.45) is 0 Å². The molecule has 0 amide bonds. The van der Waals surface area contributed by atoms with Gasteiger partial charge in [-0.05, 0) is 17.5 Å². The van der Waals surface area contributed by atoms with E-state index < -0.39 is 18.2 Å². The monoisotopic (exact) mass is 238 g/mol. The molecule has 0 aliphatic carbocycles. The van der Waals surface area contributed by atoms with E-state index in [2.05, 4.69) is 11.7 Å². The highest BCUT2D eigenvalue weighted by atomic mass is 16.5. The summed E-state index contributed by atoms with van der Waals surface area (Å²) in [6, 6.07) is 7.18. The van der Waals surface area contributed by atoms with E-state index in [9.17, 15) is 15.0 Å². The SMILES string of the molecule is CCCc1ccc(C(O)C(O)C(=O)OC)cc1. The van der Waals surface area contributed by atoms with Gasteiger partial charge in [-0.1, -0.05) is 37.6 Å². The summed E-state index contributed by atoms with van der Waals surface area (Å²) >= 11 is 0. The quantitative estimate of drug-likeness (QED) is 0.757. The normalized spacial score (nSPS) is 14.1. The van der Waals surface area contributed by atoms with Crippen LogP contribution in [0.3, 0.4) is 0 Å². The number of esters is 1. The van der Waals surface area contributed by atoms with Crippen LogP contribution in [-0.2, 0) is 16.0 Å². The number of benzene rings is 1. The van der Waals surface area contributed by atoms with Gasteiger partial charge in [-0.25, -0.2) is 4.79 Å². The molecule has 4 heteroatoms. The van der Waals surface area contributed by atoms with Crippen LogP contribution in [0.15, 0.2) is 24.3 Å². The molecule has 1 aromatic rings. The highest BCUT2D eigenvalue weighted by Crippen LogP contribution is 2.18. The number of carbonyl (C=O) groups is 1. The molecule has 1 aromatic carbocycles. The van der Waals surface area contributed by atoms with Crippen molar-refractivity contribution >= 4 is 5.97 Å². The summed E-state index contributed by atoms with van der Waals surface area (Å²) < 4.78 is 4.37. The number of ether oxygens (including phenoxy) is 1. The number of hydrogen-bond donors (Lipinski definition) is 2. The van der Waals surface area contributed by atoms with Crippen LogP contribution in [0.1, 0.15) is 30.6 Å². The predicted octanol–water partition coefficient (Wildman–Crippen LogP) is 1.21. The van der Waals surface area contributed by atoms with Gasteiger partial charge in [0.25, 0.3) is 0 Å². The molecule has 0 heterocycles. The van der Waals surface area contributed by atoms with Gasteiger partial charge >= 0.3 is 5.97 Å². The van der Waals surface area contributed by atoms with Gasteiger partial charge < -0.3 is 14.9 Å². The number of aryl methyl sites for hydroxylation is 1. The number of hydrogen-bond acceptors (Lipinski definition) is 4. The van der Waals surface area contributed by atoms with Crippen LogP contribution in [0, 0.1) is 0 Å². The van der Waals surface area contributed by atoms with Gasteiger partial charge in [0.15, 0.2) is 6.10 Å². The largest absolute Gasteiger partial charge is 0.467 e. The third-order valence-electron chi connectivity index (χ3n) is 2.60. The first-order valence-corrected chi connectivity index (χ1v) is 5.63. The molecule has 2 atom stereocenters. The van der Waals surface area contributed by atoms with Crippen molar-refractivity contribution in [1.82, 2.24) is 0 Å². The lowest BCUT2D eigenvalue weighted by molar-refractivity contribution is -0.156. The molecule has 94 valence electrons. The lowest BCUT2D eigenvalue weighted by atomic mass is 10.0. The fourth-order valence-corrected chi connectivity index (χ4v) is 1.60. The molecule has 0 radical (unpaired) electrons. The number of rotatable bonds is 5. The fraction of sp³-hybridized carbons (Fsp3) is 0.462. The van der Waals surface area contributed by atoms with E-state index in [1.807, 2.05) is 12.1 Å². The molecule has 0 aromatic heterocycles. The first-order valence-electron chi connectivity index (χ1n) is 5.63. The summed E-state index contributed by atoms with van der Waals surface area (Å²) in [5.74, 6) is -0.838. The predicted molar refractivity (Wildman–Crippen MR) is 63.4 cm³/mol. The maximum absolute atomic E-state index is 11.1. The Labute approximate surface area is 101 Å². The zero-order chi connectivity index (χ0) is 12.8. The van der Waals surface area contributed by atoms with E-state index in [4.69, 9.17) is 0 Å². The Morgan fingerprint density at radius 3 is 2.35 bits per heavy atom. The molecule has 0 saturated carbocycles. The Hall–Kier alpha value is -1.39. The van der Waals surface area contributed by atoms with Gasteiger partial charge in [-0.15, -0.1) is 0 Å². The molecule has 1 rings (SSSR count). The Kier molecular flexibility index (Phi) is 5.12. The molecule has 0 bridgehead atoms. The van der Waals surface area contributed by atoms with Crippen LogP contribution < -0.4 is 0 Å². The fourth-order valence-electron chi connectivity index (χ4n) is 1.60. The Bertz CT molecular complexity index is 358. The number of aliphatic hydroxyl groups excluding tert-OH is 2. The lowest BCUT2D eigenvalue weighted by Crippen LogP contribution is -2.29. The Morgan fingerprint density at radius 1 is 1.29 bits per heavy atom. The van der Waals surface area contributed by atoms with Crippen LogP contribution in [0.2, 0.25) is 0 Å². The van der Waals surface area contributed by atoms with Crippen molar-refractivity contribution in [3.05, 3.63) is 35.4 Å². The van der Waals surface area contributed by atoms with Gasteiger partial charge in [-0.2, -0.15) is 0 Å². The second-order valence-corrected chi connectivity index (χ2v) is 3.90. The van der Waals surface area contributed by atoms with Crippen molar-refractivity contribution in [1.29, 1.82) is 0 Å². The summed E-state index contributed by atoms with van der Waals surface area (Å²) in [5, 5.41) is 19.2. The topological polar surface area (TPSA) is 66.8 Å². The first-order chi connectivity index (χ1) is 8.10. The average Bonchev–Trinajstić information content (AvgIpc) is 2.37. The zero-order valence-electron chi connectivity index (χ0n) is 10.1. The maximum Gasteiger partial charge on any atom is 0.337 e. The number of methoxy groups -OCH3 is 1. The van der Waals surface area contributed by atoms with Crippen molar-refractivity contribution in [2.75, 3.05) is 7.11 Å². The van der Waals surface area contributed by atoms with Crippen molar-refractivity contribution in [3.8, 4) is 0 Å². The first kappa shape index (κ1) is 13.7. The second kappa shape index (κ2) is 6.37. The third-order valence-corrected chi connectivity index (χ3v) is 2.60. The van der Waals surface area contributed by atoms with Gasteiger partial charge in [0.05, 0.1) is 7.11 Å². The van der Waals surface area contributed by atoms with Gasteiger partial charge in [0.1, 0.15) is 6.10 Å². The molecule has 2 unspecified atom stereocenters. The van der Waals surface area contributed by atoms with Gasteiger partial charge in [0.2, 0.25) is 0 Å². The van der Waals surface area contributed by atoms with E-state index in [0.29, 0.717) is 5.56 Å². The molecule has 0 aliphatic heterocycles. The molecular weight excluding hydrogens is 220 g/mol. The molecule has 4 nitrogen and oxygen atoms in total. The molecule has 0 aliphatic rings. The summed E-state index contributed by atoms with van der Waals surface area (Å²) in [4.78, 5) is 11.1. The minimum absolute atomic E-state index is 0.503. The van der Waals surface area contributed by atoms with E-state index >= 15 is 0 Å². The smallest absolute Gasteiger partial charge is 0.337 e. The molecule has 2 N–H and O–H groups in total. The summed E-state index contributed by atoms with van der Waals surface area (Å²) in [5.41, 5.74) is 1.67. The van der Waals surface area contributed by atoms with Crippen LogP contribution in [0.4, 0.5) is 0 Å². The van der Waals surface area contributed by atoms with Crippen LogP contribution in [0.5, 0.6) is 0 Å². The van der Waals surface area contributed by atoms with Crippen LogP contribution in [-0.4, -0.2) is 29.4 Å². The van der Waals surface area contributed by atoms with Crippen molar-refractivity contribution < 1.29 is 19.7 Å². The van der Waals surface area contributed by atoms with E-state index in [0.717, 1.165) is 18.4 Å². The third kappa shape index (κ3) is 3.54. The minimum Gasteiger partial charge on any atom is -0.467 e. The molecule has 0 saturated heterocycles. The molecule has 0 fully saturated rings. The minimum atomic E-state index is -1.54. The second-order valence-electron chi connectivity index (χ2n) is 3.90. The Morgan fingerprint density at radius 2 is 1.88 bits per heavy atom. The van der Waals surface area contributed by atoms with E-state index in [-0.39, 0.29) is 0 Å². The number of aliphatic hydroxyl groups is 2. The van der Waals surface area contributed by atoms with Crippen LogP contribution in [0.25, 0.3) is 0 Å². The Balaban J connectivity index is 2.75. The average molecular weight is 238 g/mol. The summed E-state index contributed by atoms with van der Waals surface area (Å²) in [6.45, 7) is 2.09. The summed E-state index contributed by atoms with van der Waals surface area (Å²) in [7, 11) is 1.17. The van der Waals surface area contributed by atoms with Gasteiger partial charge in [0, 0.05) is 0 Å². The molecular formula is C13H18O4. The highest BCUT2D eigenvalue weighted by molar-refractivity contribution is 5.75. The summed E-state index contributed by atoms with van der Waals surface area (Å²) in [6.07, 6.45) is -0.780. The standard InChI is InChI=1S/C13H18O4/c1-3-4-9-5-7-10(8-6-9)11(14)12(15)13(16)17-2/h5-8,11-12,14-15H,3-4H2,1-2H3. The van der Waals surface area contributed by atoms with Crippen LogP contribution >= 0.6 is 0 Å². The van der Waals surface area contributed by atoms with Crippen molar-refractivity contribution in [3.63, 3.8) is 0 Å². The maximum atomic E-state index is 11.1. The molecule has 17 heavy (non-hydrogen) atoms. The van der Waals surface area contributed by atoms with Crippen molar-refractivity contribution in [2.45, 2.75) is 32.0 Å². The van der Waals surface area contributed by atoms with Gasteiger partial charge in [-0.3, -0.25) is 0 Å². The van der Waals surface area contributed by atoms with E-state index in [1.54, 1.807) is 12.1 Å².